The van der Waals surface area contributed by atoms with Crippen LogP contribution in [0.4, 0.5) is 0 Å². The van der Waals surface area contributed by atoms with E-state index in [1.54, 1.807) is 46.9 Å². The van der Waals surface area contributed by atoms with Crippen LogP contribution in [0.2, 0.25) is 0 Å². The van der Waals surface area contributed by atoms with Crippen LogP contribution in [0.15, 0.2) is 42.7 Å². The van der Waals surface area contributed by atoms with Gasteiger partial charge in [-0.25, -0.2) is 4.79 Å². The Labute approximate surface area is 187 Å². The Morgan fingerprint density at radius 2 is 1.53 bits per heavy atom. The molecule has 168 valence electrons. The molecule has 0 spiro atoms. The first kappa shape index (κ1) is 22.9. The van der Waals surface area contributed by atoms with Crippen molar-refractivity contribution in [3.63, 3.8) is 0 Å². The Kier molecular flexibility index (Phi) is 7.20. The minimum Gasteiger partial charge on any atom is -0.492 e. The molecule has 0 aliphatic heterocycles. The zero-order valence-corrected chi connectivity index (χ0v) is 19.1. The third kappa shape index (κ3) is 4.19. The Morgan fingerprint density at radius 1 is 0.875 bits per heavy atom. The molecule has 0 aliphatic carbocycles. The smallest absolute Gasteiger partial charge is 0.338 e. The van der Waals surface area contributed by atoms with Gasteiger partial charge in [-0.3, -0.25) is 4.98 Å². The number of pyridine rings is 1. The molecule has 3 rings (SSSR count). The predicted molar refractivity (Wildman–Crippen MR) is 121 cm³/mol. The Morgan fingerprint density at radius 3 is 2.09 bits per heavy atom. The van der Waals surface area contributed by atoms with Crippen molar-refractivity contribution in [1.29, 1.82) is 0 Å². The minimum absolute atomic E-state index is 0.406. The Bertz CT molecular complexity index is 1110. The summed E-state index contributed by atoms with van der Waals surface area (Å²) < 4.78 is 27.4. The summed E-state index contributed by atoms with van der Waals surface area (Å²) in [6.07, 6.45) is 3.92. The molecule has 7 nitrogen and oxygen atoms in total. The van der Waals surface area contributed by atoms with Crippen molar-refractivity contribution in [3.8, 4) is 34.1 Å². The zero-order valence-electron chi connectivity index (χ0n) is 19.1. The van der Waals surface area contributed by atoms with Crippen molar-refractivity contribution in [2.75, 3.05) is 35.5 Å². The number of ether oxygens (including phenoxy) is 5. The Balaban J connectivity index is 2.18. The van der Waals surface area contributed by atoms with Crippen LogP contribution >= 0.6 is 0 Å². The number of methoxy groups -OCH3 is 5. The van der Waals surface area contributed by atoms with E-state index in [9.17, 15) is 4.79 Å². The monoisotopic (exact) mass is 437 g/mol. The number of carbonyl (C=O) groups is 1. The van der Waals surface area contributed by atoms with Crippen molar-refractivity contribution in [1.82, 2.24) is 4.98 Å². The topological polar surface area (TPSA) is 76.1 Å². The number of carbonyl (C=O) groups excluding carboxylic acids is 1. The molecule has 1 aromatic heterocycles. The van der Waals surface area contributed by atoms with E-state index in [1.807, 2.05) is 31.2 Å². The summed E-state index contributed by atoms with van der Waals surface area (Å²) >= 11 is 0. The summed E-state index contributed by atoms with van der Waals surface area (Å²) in [5, 5.41) is 0. The van der Waals surface area contributed by atoms with Crippen LogP contribution in [0.3, 0.4) is 0 Å². The van der Waals surface area contributed by atoms with Crippen LogP contribution in [0.25, 0.3) is 11.1 Å². The number of nitrogens with zero attached hydrogens (tertiary/aromatic N) is 1. The van der Waals surface area contributed by atoms with Gasteiger partial charge in [-0.15, -0.1) is 0 Å². The number of rotatable bonds is 8. The lowest BCUT2D eigenvalue weighted by Crippen LogP contribution is -2.07. The fourth-order valence-corrected chi connectivity index (χ4v) is 3.82. The van der Waals surface area contributed by atoms with Gasteiger partial charge in [0, 0.05) is 35.5 Å². The van der Waals surface area contributed by atoms with Crippen molar-refractivity contribution in [3.05, 3.63) is 65.0 Å². The lowest BCUT2D eigenvalue weighted by atomic mass is 9.93. The van der Waals surface area contributed by atoms with Crippen LogP contribution in [0.1, 0.15) is 27.0 Å². The molecule has 0 aliphatic rings. The SMILES string of the molecule is COC(=O)c1ccc(Cc2c(C)c(OC)c(OC)c(OC)c2OC)cc1-c1cccnc1. The van der Waals surface area contributed by atoms with E-state index in [-0.39, 0.29) is 0 Å². The fourth-order valence-electron chi connectivity index (χ4n) is 3.82. The molecule has 0 bridgehead atoms. The second kappa shape index (κ2) is 10.0. The van der Waals surface area contributed by atoms with Crippen LogP contribution in [-0.2, 0) is 11.2 Å². The first-order chi connectivity index (χ1) is 15.5. The molecule has 2 aromatic carbocycles. The van der Waals surface area contributed by atoms with Crippen LogP contribution in [0.5, 0.6) is 23.0 Å². The van der Waals surface area contributed by atoms with Crippen molar-refractivity contribution < 1.29 is 28.5 Å². The van der Waals surface area contributed by atoms with E-state index < -0.39 is 5.97 Å². The van der Waals surface area contributed by atoms with Crippen molar-refractivity contribution in [2.24, 2.45) is 0 Å². The first-order valence-electron chi connectivity index (χ1n) is 9.97. The molecular weight excluding hydrogens is 410 g/mol. The van der Waals surface area contributed by atoms with Gasteiger partial charge >= 0.3 is 5.97 Å². The van der Waals surface area contributed by atoms with Gasteiger partial charge in [0.1, 0.15) is 0 Å². The second-order valence-electron chi connectivity index (χ2n) is 7.03. The molecule has 1 heterocycles. The van der Waals surface area contributed by atoms with Crippen LogP contribution in [0, 0.1) is 6.92 Å². The molecular formula is C25H27NO6. The maximum atomic E-state index is 12.4. The first-order valence-corrected chi connectivity index (χ1v) is 9.97. The highest BCUT2D eigenvalue weighted by atomic mass is 16.5. The molecule has 7 heteroatoms. The molecule has 0 unspecified atom stereocenters. The molecule has 32 heavy (non-hydrogen) atoms. The maximum Gasteiger partial charge on any atom is 0.338 e. The number of aromatic nitrogens is 1. The van der Waals surface area contributed by atoms with Crippen molar-refractivity contribution >= 4 is 5.97 Å². The second-order valence-corrected chi connectivity index (χ2v) is 7.03. The summed E-state index contributed by atoms with van der Waals surface area (Å²) in [5.74, 6) is 1.69. The Hall–Kier alpha value is -3.74. The quantitative estimate of drug-likeness (QED) is 0.481. The average molecular weight is 437 g/mol. The molecule has 0 saturated heterocycles. The summed E-state index contributed by atoms with van der Waals surface area (Å²) in [7, 11) is 7.67. The highest BCUT2D eigenvalue weighted by Gasteiger charge is 2.26. The van der Waals surface area contributed by atoms with E-state index in [4.69, 9.17) is 23.7 Å². The van der Waals surface area contributed by atoms with E-state index in [0.29, 0.717) is 35.0 Å². The van der Waals surface area contributed by atoms with E-state index in [2.05, 4.69) is 4.98 Å². The minimum atomic E-state index is -0.406. The molecule has 0 saturated carbocycles. The summed E-state index contributed by atoms with van der Waals surface area (Å²) in [5.41, 5.74) is 4.77. The molecule has 0 N–H and O–H groups in total. The fraction of sp³-hybridized carbons (Fsp3) is 0.280. The van der Waals surface area contributed by atoms with Crippen LogP contribution < -0.4 is 18.9 Å². The van der Waals surface area contributed by atoms with E-state index in [1.165, 1.54) is 7.11 Å². The number of benzene rings is 2. The molecule has 0 radical (unpaired) electrons. The molecule has 0 atom stereocenters. The van der Waals surface area contributed by atoms with E-state index >= 15 is 0 Å². The largest absolute Gasteiger partial charge is 0.492 e. The van der Waals surface area contributed by atoms with Gasteiger partial charge < -0.3 is 23.7 Å². The number of hydrogen-bond acceptors (Lipinski definition) is 7. The van der Waals surface area contributed by atoms with Gasteiger partial charge in [0.15, 0.2) is 11.5 Å². The predicted octanol–water partition coefficient (Wildman–Crippen LogP) is 4.47. The standard InChI is InChI=1S/C25H27NO6/c1-15-19(22(29-3)24(31-5)23(30-4)21(15)28-2)12-16-9-10-18(25(27)32-6)20(13-16)17-8-7-11-26-14-17/h7-11,13-14H,12H2,1-6H3. The van der Waals surface area contributed by atoms with Gasteiger partial charge in [0.05, 0.1) is 41.1 Å². The molecule has 0 fully saturated rings. The number of hydrogen-bond donors (Lipinski definition) is 0. The van der Waals surface area contributed by atoms with Gasteiger partial charge in [0.2, 0.25) is 11.5 Å². The third-order valence-electron chi connectivity index (χ3n) is 5.35. The highest BCUT2D eigenvalue weighted by molar-refractivity contribution is 5.97. The third-order valence-corrected chi connectivity index (χ3v) is 5.35. The lowest BCUT2D eigenvalue weighted by molar-refractivity contribution is 0.0601. The van der Waals surface area contributed by atoms with Crippen molar-refractivity contribution in [2.45, 2.75) is 13.3 Å². The van der Waals surface area contributed by atoms with Gasteiger partial charge in [-0.05, 0) is 36.2 Å². The normalized spacial score (nSPS) is 10.4. The van der Waals surface area contributed by atoms with E-state index in [0.717, 1.165) is 27.8 Å². The van der Waals surface area contributed by atoms with Gasteiger partial charge in [0.25, 0.3) is 0 Å². The zero-order chi connectivity index (χ0) is 23.3. The lowest BCUT2D eigenvalue weighted by Gasteiger charge is -2.22. The summed E-state index contributed by atoms with van der Waals surface area (Å²) in [6, 6.07) is 9.36. The highest BCUT2D eigenvalue weighted by Crippen LogP contribution is 2.49. The number of esters is 1. The molecule has 3 aromatic rings. The summed E-state index contributed by atoms with van der Waals surface area (Å²) in [6.45, 7) is 1.95. The van der Waals surface area contributed by atoms with Gasteiger partial charge in [-0.1, -0.05) is 12.1 Å². The molecule has 0 amide bonds. The van der Waals surface area contributed by atoms with Gasteiger partial charge in [-0.2, -0.15) is 0 Å². The maximum absolute atomic E-state index is 12.4. The summed E-state index contributed by atoms with van der Waals surface area (Å²) in [4.78, 5) is 16.5. The average Bonchev–Trinajstić information content (AvgIpc) is 2.84. The van der Waals surface area contributed by atoms with Crippen LogP contribution in [-0.4, -0.2) is 46.5 Å².